The van der Waals surface area contributed by atoms with Crippen LogP contribution in [-0.4, -0.2) is 85.3 Å². The summed E-state index contributed by atoms with van der Waals surface area (Å²) in [6, 6.07) is 57.4. The van der Waals surface area contributed by atoms with Crippen LogP contribution in [0.15, 0.2) is 241 Å². The third-order valence-corrected chi connectivity index (χ3v) is 18.4. The number of rotatable bonds is 12. The van der Waals surface area contributed by atoms with Crippen molar-refractivity contribution in [2.24, 2.45) is 0 Å². The highest BCUT2D eigenvalue weighted by Gasteiger charge is 2.23. The van der Waals surface area contributed by atoms with E-state index in [4.69, 9.17) is 34.1 Å². The van der Waals surface area contributed by atoms with E-state index in [0.29, 0.717) is 84.9 Å². The number of allylic oxidation sites excluding steroid dienone is 2. The van der Waals surface area contributed by atoms with E-state index >= 15 is 0 Å². The predicted molar refractivity (Wildman–Crippen MR) is 438 cm³/mol. The number of aryl methyl sites for hydroxylation is 3. The molecule has 550 valence electrons. The summed E-state index contributed by atoms with van der Waals surface area (Å²) in [5, 5.41) is 44.7. The van der Waals surface area contributed by atoms with Gasteiger partial charge in [-0.2, -0.15) is 21.0 Å². The lowest BCUT2D eigenvalue weighted by Crippen LogP contribution is -2.11. The number of nitrogens with zero attached hydrogens (tertiary/aromatic N) is 13. The summed E-state index contributed by atoms with van der Waals surface area (Å²) in [5.74, 6) is 3.11. The summed E-state index contributed by atoms with van der Waals surface area (Å²) in [6.45, 7) is 13.6. The van der Waals surface area contributed by atoms with Gasteiger partial charge in [-0.1, -0.05) is 49.6 Å². The Morgan fingerprint density at radius 1 is 0.425 bits per heavy atom. The normalized spacial score (nSPS) is 11.4. The molecule has 0 atom stereocenters. The van der Waals surface area contributed by atoms with Gasteiger partial charge in [0.05, 0.1) is 95.3 Å². The Kier molecular flexibility index (Phi) is 22.1. The van der Waals surface area contributed by atoms with Crippen molar-refractivity contribution < 1.29 is 18.6 Å². The zero-order valence-corrected chi connectivity index (χ0v) is 62.4. The van der Waals surface area contributed by atoms with Gasteiger partial charge in [-0.25, -0.2) is 44.3 Å². The molecule has 12 heterocycles. The molecular formula is C90H68FN17O5. The third kappa shape index (κ3) is 16.5. The Morgan fingerprint density at radius 3 is 1.29 bits per heavy atom. The number of aromatic nitrogens is 10. The van der Waals surface area contributed by atoms with Crippen LogP contribution in [0.1, 0.15) is 50.2 Å². The Morgan fingerprint density at radius 2 is 0.850 bits per heavy atom. The number of ether oxygens (including phenoxy) is 3. The lowest BCUT2D eigenvalue weighted by atomic mass is 9.95. The van der Waals surface area contributed by atoms with Crippen molar-refractivity contribution in [3.05, 3.63) is 308 Å². The van der Waals surface area contributed by atoms with Crippen LogP contribution in [0.3, 0.4) is 0 Å². The number of benzene rings is 4. The Labute approximate surface area is 648 Å². The second kappa shape index (κ2) is 33.1. The SMILES string of the molecule is C=C1C=Cc2cc(-c3ccnc(OC)c3)c(-c3ccc(C)c(C#N)c3)nc2N1.C=C1C=Cc2cc(-c3ccnc(OC)c3)c(-c3ccc(F)c(C#N)c3)nc2N1.COc1cc(-c2cc3c(=O)cc[nH]c3nc2-c2ccc(C)c(C#N)c2)ccn1.Cc1cc(-c2cc3c(=O)cc[nH]c3nc2-c2cccc(C#N)c2)cc(N(C)C)n1. The topological polar surface area (TPSA) is 319 Å². The maximum Gasteiger partial charge on any atom is 0.213 e. The van der Waals surface area contributed by atoms with E-state index in [9.17, 15) is 35.0 Å². The van der Waals surface area contributed by atoms with E-state index in [2.05, 4.69) is 78.0 Å². The first-order valence-corrected chi connectivity index (χ1v) is 35.1. The van der Waals surface area contributed by atoms with Gasteiger partial charge in [0.25, 0.3) is 0 Å². The minimum absolute atomic E-state index is 0.0347. The minimum atomic E-state index is -0.564. The van der Waals surface area contributed by atoms with E-state index < -0.39 is 5.82 Å². The number of hydrogen-bond acceptors (Lipinski definition) is 20. The largest absolute Gasteiger partial charge is 0.481 e. The van der Waals surface area contributed by atoms with Crippen molar-refractivity contribution in [2.45, 2.75) is 20.8 Å². The summed E-state index contributed by atoms with van der Waals surface area (Å²) >= 11 is 0. The molecule has 0 spiro atoms. The van der Waals surface area contributed by atoms with Crippen LogP contribution in [0, 0.1) is 71.9 Å². The fourth-order valence-corrected chi connectivity index (χ4v) is 12.6. The van der Waals surface area contributed by atoms with E-state index in [1.165, 1.54) is 24.3 Å². The molecule has 2 aliphatic rings. The number of anilines is 3. The summed E-state index contributed by atoms with van der Waals surface area (Å²) < 4.78 is 29.6. The summed E-state index contributed by atoms with van der Waals surface area (Å²) in [4.78, 5) is 69.0. The summed E-state index contributed by atoms with van der Waals surface area (Å²) in [7, 11) is 8.57. The second-order valence-corrected chi connectivity index (χ2v) is 26.1. The zero-order valence-electron chi connectivity index (χ0n) is 62.4. The van der Waals surface area contributed by atoms with Crippen LogP contribution >= 0.6 is 0 Å². The zero-order chi connectivity index (χ0) is 79.6. The highest BCUT2D eigenvalue weighted by Crippen LogP contribution is 2.41. The average molecular weight is 1490 g/mol. The molecule has 0 saturated heterocycles. The van der Waals surface area contributed by atoms with Gasteiger partial charge in [0.15, 0.2) is 10.9 Å². The first-order chi connectivity index (χ1) is 54.7. The molecule has 0 radical (unpaired) electrons. The molecule has 14 aromatic rings. The summed E-state index contributed by atoms with van der Waals surface area (Å²) in [6.07, 6.45) is 15.9. The molecule has 10 aromatic heterocycles. The molecule has 0 fully saturated rings. The molecule has 4 aromatic carbocycles. The maximum atomic E-state index is 13.8. The molecule has 2 aliphatic heterocycles. The predicted octanol–water partition coefficient (Wildman–Crippen LogP) is 17.5. The number of methoxy groups -OCH3 is 3. The van der Waals surface area contributed by atoms with Crippen molar-refractivity contribution >= 4 is 51.7 Å². The van der Waals surface area contributed by atoms with E-state index in [0.717, 1.165) is 118 Å². The van der Waals surface area contributed by atoms with Crippen LogP contribution in [0.25, 0.3) is 124 Å². The van der Waals surface area contributed by atoms with Crippen LogP contribution in [-0.2, 0) is 0 Å². The molecule has 22 nitrogen and oxygen atoms in total. The molecule has 0 amide bonds. The first-order valence-electron chi connectivity index (χ1n) is 35.1. The molecule has 113 heavy (non-hydrogen) atoms. The smallest absolute Gasteiger partial charge is 0.213 e. The molecule has 16 rings (SSSR count). The van der Waals surface area contributed by atoms with Crippen LogP contribution in [0.2, 0.25) is 0 Å². The molecule has 0 aliphatic carbocycles. The number of fused-ring (bicyclic) bond motifs is 4. The van der Waals surface area contributed by atoms with Crippen molar-refractivity contribution in [2.75, 3.05) is 51.0 Å². The Hall–Kier alpha value is -15.9. The van der Waals surface area contributed by atoms with Gasteiger partial charge in [-0.3, -0.25) is 9.59 Å². The molecule has 4 N–H and O–H groups in total. The number of pyridine rings is 10. The third-order valence-electron chi connectivity index (χ3n) is 18.4. The molecule has 0 unspecified atom stereocenters. The van der Waals surface area contributed by atoms with Gasteiger partial charge in [-0.05, 0) is 176 Å². The van der Waals surface area contributed by atoms with Gasteiger partial charge in [0.1, 0.15) is 40.6 Å². The van der Waals surface area contributed by atoms with Crippen LogP contribution < -0.4 is 40.6 Å². The molecule has 0 saturated carbocycles. The number of H-pyrrole nitrogens is 2. The minimum Gasteiger partial charge on any atom is -0.481 e. The first kappa shape index (κ1) is 75.4. The quantitative estimate of drug-likeness (QED) is 0.0883. The lowest BCUT2D eigenvalue weighted by Gasteiger charge is -2.19. The van der Waals surface area contributed by atoms with Crippen LogP contribution in [0.4, 0.5) is 21.8 Å². The molecular weight excluding hydrogens is 1420 g/mol. The fraction of sp³-hybridized carbons (Fsp3) is 0.0889. The highest BCUT2D eigenvalue weighted by atomic mass is 19.1. The Bertz CT molecular complexity index is 6370. The van der Waals surface area contributed by atoms with Gasteiger partial charge in [0, 0.05) is 148 Å². The highest BCUT2D eigenvalue weighted by molar-refractivity contribution is 5.94. The standard InChI is InChI=1S/C23H19N5O.C23H18N4O.C22H15FN4O.C22H16N4O2/c1-14-9-17(11-21(26-14)28(2)3)18-12-19-20(29)7-8-25-23(19)27-22(18)16-6-4-5-15(10-16)13-24;1-14-4-6-17(10-19(14)13-24)22-20(16-8-9-25-21(12-16)28-3)11-18-7-5-15(2)26-23(18)27-22;1-13-3-4-16-10-18(14-7-8-25-20(11-14)28-2)21(27-22(16)26-13)15-5-6-19(23)17(9-15)12-24;1-13-3-4-15(9-16(13)12-23)21-17(14-5-7-24-20(10-14)28-2)11-18-19(27)6-8-25-22(18)26-21/h4-12H,1-3H3,(H,25,27,29);4-12H,2H2,1,3H3,(H,26,27);3-11H,1H2,2H3,(H,26,27);3-11H,1-2H3,(H,25,26,27). The summed E-state index contributed by atoms with van der Waals surface area (Å²) in [5.41, 5.74) is 21.3. The van der Waals surface area contributed by atoms with Gasteiger partial charge in [-0.15, -0.1) is 0 Å². The number of aromatic amines is 2. The van der Waals surface area contributed by atoms with Crippen molar-refractivity contribution in [1.29, 1.82) is 21.0 Å². The molecule has 0 bridgehead atoms. The van der Waals surface area contributed by atoms with Crippen molar-refractivity contribution in [3.63, 3.8) is 0 Å². The van der Waals surface area contributed by atoms with Crippen molar-refractivity contribution in [1.82, 2.24) is 49.8 Å². The maximum absolute atomic E-state index is 13.8. The van der Waals surface area contributed by atoms with Gasteiger partial charge >= 0.3 is 0 Å². The van der Waals surface area contributed by atoms with E-state index in [-0.39, 0.29) is 16.4 Å². The van der Waals surface area contributed by atoms with E-state index in [1.54, 1.807) is 82.6 Å². The number of hydrogen-bond donors (Lipinski definition) is 4. The second-order valence-electron chi connectivity index (χ2n) is 26.1. The number of nitrogens with one attached hydrogen (secondary N) is 4. The molecule has 23 heteroatoms. The van der Waals surface area contributed by atoms with Gasteiger partial charge in [0.2, 0.25) is 17.6 Å². The average Bonchev–Trinajstić information content (AvgIpc) is 0.792. The van der Waals surface area contributed by atoms with Crippen molar-refractivity contribution in [3.8, 4) is 131 Å². The van der Waals surface area contributed by atoms with E-state index in [1.807, 2.05) is 173 Å². The van der Waals surface area contributed by atoms with Crippen LogP contribution in [0.5, 0.6) is 17.6 Å². The van der Waals surface area contributed by atoms with Gasteiger partial charge < -0.3 is 39.7 Å². The number of halogens is 1. The Balaban J connectivity index is 0.000000132. The monoisotopic (exact) mass is 1490 g/mol. The fourth-order valence-electron chi connectivity index (χ4n) is 12.6. The lowest BCUT2D eigenvalue weighted by molar-refractivity contribution is 0.398. The number of nitriles is 4.